The third-order valence-electron chi connectivity index (χ3n) is 1.98. The predicted molar refractivity (Wildman–Crippen MR) is 49.9 cm³/mol. The number of carbonyl (C=O) groups is 1. The molecular formula is C10H12O4. The van der Waals surface area contributed by atoms with Gasteiger partial charge in [-0.1, -0.05) is 30.3 Å². The maximum atomic E-state index is 11.6. The van der Waals surface area contributed by atoms with Gasteiger partial charge in [0.05, 0.1) is 13.2 Å². The van der Waals surface area contributed by atoms with Crippen LogP contribution < -0.4 is 0 Å². The summed E-state index contributed by atoms with van der Waals surface area (Å²) in [5.41, 5.74) is -1.82. The summed E-state index contributed by atoms with van der Waals surface area (Å²) >= 11 is 0. The second kappa shape index (κ2) is 4.32. The maximum absolute atomic E-state index is 11.6. The third kappa shape index (κ3) is 1.98. The number of ketones is 1. The molecule has 0 atom stereocenters. The van der Waals surface area contributed by atoms with Crippen molar-refractivity contribution in [3.05, 3.63) is 35.9 Å². The monoisotopic (exact) mass is 196 g/mol. The van der Waals surface area contributed by atoms with Crippen molar-refractivity contribution in [2.24, 2.45) is 0 Å². The average molecular weight is 196 g/mol. The molecule has 3 N–H and O–H groups in total. The summed E-state index contributed by atoms with van der Waals surface area (Å²) in [6, 6.07) is 8.04. The molecule has 1 aromatic rings. The molecule has 0 saturated carbocycles. The van der Waals surface area contributed by atoms with Gasteiger partial charge in [-0.3, -0.25) is 4.79 Å². The summed E-state index contributed by atoms with van der Waals surface area (Å²) in [4.78, 5) is 11.6. The van der Waals surface area contributed by atoms with E-state index in [9.17, 15) is 9.90 Å². The number of hydrogen-bond acceptors (Lipinski definition) is 4. The molecule has 0 bridgehead atoms. The van der Waals surface area contributed by atoms with Crippen molar-refractivity contribution in [3.8, 4) is 0 Å². The van der Waals surface area contributed by atoms with Crippen molar-refractivity contribution in [2.75, 3.05) is 13.2 Å². The quantitative estimate of drug-likeness (QED) is 0.572. The fourth-order valence-corrected chi connectivity index (χ4v) is 1.05. The number of hydrogen-bond donors (Lipinski definition) is 3. The van der Waals surface area contributed by atoms with Crippen molar-refractivity contribution in [3.63, 3.8) is 0 Å². The van der Waals surface area contributed by atoms with Gasteiger partial charge in [-0.25, -0.2) is 0 Å². The highest BCUT2D eigenvalue weighted by Gasteiger charge is 2.34. The number of rotatable bonds is 4. The minimum absolute atomic E-state index is 0.262. The lowest BCUT2D eigenvalue weighted by atomic mass is 9.94. The molecule has 0 heterocycles. The van der Waals surface area contributed by atoms with Gasteiger partial charge >= 0.3 is 0 Å². The van der Waals surface area contributed by atoms with E-state index in [2.05, 4.69) is 0 Å². The Morgan fingerprint density at radius 3 is 2.07 bits per heavy atom. The van der Waals surface area contributed by atoms with Gasteiger partial charge in [0.25, 0.3) is 0 Å². The van der Waals surface area contributed by atoms with E-state index in [-0.39, 0.29) is 5.56 Å². The lowest BCUT2D eigenvalue weighted by molar-refractivity contribution is -0.0327. The van der Waals surface area contributed by atoms with Crippen LogP contribution in [0.1, 0.15) is 10.4 Å². The van der Waals surface area contributed by atoms with Crippen LogP contribution >= 0.6 is 0 Å². The maximum Gasteiger partial charge on any atom is 0.199 e. The molecule has 0 unspecified atom stereocenters. The van der Waals surface area contributed by atoms with E-state index in [1.807, 2.05) is 0 Å². The normalized spacial score (nSPS) is 11.4. The smallest absolute Gasteiger partial charge is 0.199 e. The van der Waals surface area contributed by atoms with Crippen LogP contribution in [-0.2, 0) is 0 Å². The Balaban J connectivity index is 2.95. The van der Waals surface area contributed by atoms with E-state index in [4.69, 9.17) is 10.2 Å². The first-order valence-electron chi connectivity index (χ1n) is 4.18. The Hall–Kier alpha value is -1.23. The fourth-order valence-electron chi connectivity index (χ4n) is 1.05. The fraction of sp³-hybridized carbons (Fsp3) is 0.300. The summed E-state index contributed by atoms with van der Waals surface area (Å²) < 4.78 is 0. The zero-order valence-corrected chi connectivity index (χ0v) is 7.55. The molecular weight excluding hydrogens is 184 g/mol. The average Bonchev–Trinajstić information content (AvgIpc) is 2.28. The summed E-state index contributed by atoms with van der Waals surface area (Å²) in [6.07, 6.45) is 0. The SMILES string of the molecule is O=C(c1ccccc1)C(O)(CO)CO. The van der Waals surface area contributed by atoms with E-state index >= 15 is 0 Å². The second-order valence-electron chi connectivity index (χ2n) is 3.04. The van der Waals surface area contributed by atoms with Gasteiger partial charge in [-0.2, -0.15) is 0 Å². The van der Waals surface area contributed by atoms with E-state index < -0.39 is 24.6 Å². The van der Waals surface area contributed by atoms with Gasteiger partial charge in [0.15, 0.2) is 11.4 Å². The summed E-state index contributed by atoms with van der Waals surface area (Å²) in [7, 11) is 0. The Morgan fingerprint density at radius 2 is 1.64 bits per heavy atom. The molecule has 1 rings (SSSR count). The highest BCUT2D eigenvalue weighted by molar-refractivity contribution is 6.02. The van der Waals surface area contributed by atoms with E-state index in [0.717, 1.165) is 0 Å². The highest BCUT2D eigenvalue weighted by atomic mass is 16.4. The van der Waals surface area contributed by atoms with Crippen LogP contribution in [0, 0.1) is 0 Å². The summed E-state index contributed by atoms with van der Waals surface area (Å²) in [5, 5.41) is 27.1. The Labute approximate surface area is 81.4 Å². The van der Waals surface area contributed by atoms with Gasteiger partial charge in [0, 0.05) is 5.56 Å². The lowest BCUT2D eigenvalue weighted by Crippen LogP contribution is -2.45. The number of aliphatic hydroxyl groups is 3. The van der Waals surface area contributed by atoms with E-state index in [0.29, 0.717) is 0 Å². The third-order valence-corrected chi connectivity index (χ3v) is 1.98. The molecule has 0 aliphatic heterocycles. The molecule has 0 radical (unpaired) electrons. The molecule has 0 amide bonds. The van der Waals surface area contributed by atoms with Crippen LogP contribution in [0.4, 0.5) is 0 Å². The number of aliphatic hydroxyl groups excluding tert-OH is 2. The van der Waals surface area contributed by atoms with Gasteiger partial charge in [-0.15, -0.1) is 0 Å². The van der Waals surface area contributed by atoms with Crippen molar-refractivity contribution in [2.45, 2.75) is 5.60 Å². The van der Waals surface area contributed by atoms with Crippen LogP contribution in [0.15, 0.2) is 30.3 Å². The first-order chi connectivity index (χ1) is 6.64. The molecule has 76 valence electrons. The summed E-state index contributed by atoms with van der Waals surface area (Å²) in [5.74, 6) is -0.678. The molecule has 4 nitrogen and oxygen atoms in total. The van der Waals surface area contributed by atoms with Crippen LogP contribution in [-0.4, -0.2) is 39.9 Å². The standard InChI is InChI=1S/C10H12O4/c11-6-10(14,7-12)9(13)8-4-2-1-3-5-8/h1-5,11-12,14H,6-7H2. The Morgan fingerprint density at radius 1 is 1.14 bits per heavy atom. The molecule has 14 heavy (non-hydrogen) atoms. The molecule has 0 fully saturated rings. The van der Waals surface area contributed by atoms with Crippen LogP contribution in [0.5, 0.6) is 0 Å². The molecule has 0 aliphatic rings. The van der Waals surface area contributed by atoms with Crippen molar-refractivity contribution in [1.82, 2.24) is 0 Å². The minimum Gasteiger partial charge on any atom is -0.393 e. The predicted octanol–water partition coefficient (Wildman–Crippen LogP) is -0.415. The molecule has 0 aliphatic carbocycles. The minimum atomic E-state index is -2.08. The molecule has 0 aromatic heterocycles. The Bertz CT molecular complexity index is 303. The van der Waals surface area contributed by atoms with Crippen LogP contribution in [0.3, 0.4) is 0 Å². The number of carbonyl (C=O) groups excluding carboxylic acids is 1. The van der Waals surface area contributed by atoms with Crippen molar-refractivity contribution >= 4 is 5.78 Å². The van der Waals surface area contributed by atoms with Gasteiger partial charge in [0.1, 0.15) is 0 Å². The van der Waals surface area contributed by atoms with Crippen molar-refractivity contribution < 1.29 is 20.1 Å². The van der Waals surface area contributed by atoms with E-state index in [1.165, 1.54) is 12.1 Å². The van der Waals surface area contributed by atoms with Crippen molar-refractivity contribution in [1.29, 1.82) is 0 Å². The molecule has 4 heteroatoms. The molecule has 0 spiro atoms. The van der Waals surface area contributed by atoms with Gasteiger partial charge in [-0.05, 0) is 0 Å². The zero-order chi connectivity index (χ0) is 10.6. The van der Waals surface area contributed by atoms with E-state index in [1.54, 1.807) is 18.2 Å². The summed E-state index contributed by atoms with van der Waals surface area (Å²) in [6.45, 7) is -1.59. The molecule has 1 aromatic carbocycles. The zero-order valence-electron chi connectivity index (χ0n) is 7.55. The van der Waals surface area contributed by atoms with Crippen LogP contribution in [0.2, 0.25) is 0 Å². The van der Waals surface area contributed by atoms with Gasteiger partial charge in [0.2, 0.25) is 0 Å². The first kappa shape index (κ1) is 10.8. The lowest BCUT2D eigenvalue weighted by Gasteiger charge is -2.21. The molecule has 0 saturated heterocycles. The highest BCUT2D eigenvalue weighted by Crippen LogP contribution is 2.12. The number of Topliss-reactive ketones (excluding diaryl/α,β-unsaturated/α-hetero) is 1. The largest absolute Gasteiger partial charge is 0.393 e. The van der Waals surface area contributed by atoms with Gasteiger partial charge < -0.3 is 15.3 Å². The second-order valence-corrected chi connectivity index (χ2v) is 3.04. The topological polar surface area (TPSA) is 77.8 Å². The number of benzene rings is 1. The first-order valence-corrected chi connectivity index (χ1v) is 4.18. The van der Waals surface area contributed by atoms with Crippen LogP contribution in [0.25, 0.3) is 0 Å². The Kier molecular flexibility index (Phi) is 3.35.